The quantitative estimate of drug-likeness (QED) is 0.150. The van der Waals surface area contributed by atoms with Gasteiger partial charge in [0.05, 0.1) is 11.4 Å². The normalized spacial score (nSPS) is 12.6. The molecule has 0 bridgehead atoms. The zero-order valence-electron chi connectivity index (χ0n) is 42.1. The van der Waals surface area contributed by atoms with Crippen LogP contribution < -0.4 is 9.80 Å². The molecule has 7 aromatic carbocycles. The molecule has 0 saturated carbocycles. The minimum atomic E-state index is -0.214. The second-order valence-electron chi connectivity index (χ2n) is 23.2. The van der Waals surface area contributed by atoms with Gasteiger partial charge in [-0.05, 0) is 145 Å². The molecule has 0 aliphatic heterocycles. The fourth-order valence-electron chi connectivity index (χ4n) is 8.53. The molecule has 7 aromatic rings. The molecule has 0 atom stereocenters. The lowest BCUT2D eigenvalue weighted by molar-refractivity contribution is 0.589. The first-order valence-corrected chi connectivity index (χ1v) is 24.2. The van der Waals surface area contributed by atoms with Crippen molar-refractivity contribution in [3.8, 4) is 22.3 Å². The van der Waals surface area contributed by atoms with Crippen LogP contribution >= 0.6 is 23.2 Å². The lowest BCUT2D eigenvalue weighted by atomic mass is 9.83. The van der Waals surface area contributed by atoms with Crippen LogP contribution in [-0.2, 0) is 27.1 Å². The molecule has 0 amide bonds. The molecule has 0 heterocycles. The number of rotatable bonds is 8. The average molecular weight is 914 g/mol. The van der Waals surface area contributed by atoms with Gasteiger partial charge >= 0.3 is 0 Å². The van der Waals surface area contributed by atoms with Crippen molar-refractivity contribution < 1.29 is 0 Å². The van der Waals surface area contributed by atoms with Gasteiger partial charge in [0.2, 0.25) is 0 Å². The van der Waals surface area contributed by atoms with Crippen LogP contribution in [0.5, 0.6) is 0 Å². The van der Waals surface area contributed by atoms with Crippen LogP contribution in [0.15, 0.2) is 152 Å². The first kappa shape index (κ1) is 48.6. The SMILES string of the molecule is CC(C)(C)c1ccc(-c2cc(C(C)(C)C)ccc2N(c2cccc(Cl)c2)c2cc(N(c3cccc(Cl)c3)c3ccc(C(C)(C)C)cc3-c3ccc(C(C)(C)C)cc3)cc(C(C)(C)C)c2)cc1. The van der Waals surface area contributed by atoms with Crippen molar-refractivity contribution in [1.82, 2.24) is 0 Å². The van der Waals surface area contributed by atoms with Crippen molar-refractivity contribution in [2.75, 3.05) is 9.80 Å². The Labute approximate surface area is 407 Å². The lowest BCUT2D eigenvalue weighted by Crippen LogP contribution is -2.19. The van der Waals surface area contributed by atoms with Crippen LogP contribution in [0.1, 0.15) is 132 Å². The topological polar surface area (TPSA) is 6.48 Å². The standard InChI is InChI=1S/C62H70Cl2N2/c1-58(2,3)43-26-22-41(23-27-43)54-36-45(60(7,8)9)30-32-56(54)65(50-20-16-18-48(63)38-50)52-34-47(62(13,14)15)35-53(40-52)66(51-21-17-19-49(64)39-51)57-33-31-46(61(10,11)12)37-55(57)42-24-28-44(29-25-42)59(4,5)6/h16-40H,1-15H3. The Bertz CT molecular complexity index is 2650. The summed E-state index contributed by atoms with van der Waals surface area (Å²) >= 11 is 13.9. The fourth-order valence-corrected chi connectivity index (χ4v) is 8.90. The van der Waals surface area contributed by atoms with Crippen LogP contribution in [0.4, 0.5) is 34.1 Å². The molecule has 0 fully saturated rings. The van der Waals surface area contributed by atoms with Crippen LogP contribution in [0.3, 0.4) is 0 Å². The predicted octanol–water partition coefficient (Wildman–Crippen LogP) is 19.8. The second kappa shape index (κ2) is 18.1. The van der Waals surface area contributed by atoms with Gasteiger partial charge in [0.1, 0.15) is 0 Å². The summed E-state index contributed by atoms with van der Waals surface area (Å²) in [6.45, 7) is 34.2. The van der Waals surface area contributed by atoms with Crippen molar-refractivity contribution in [3.05, 3.63) is 190 Å². The summed E-state index contributed by atoms with van der Waals surface area (Å²) in [5, 5.41) is 1.35. The highest BCUT2D eigenvalue weighted by molar-refractivity contribution is 6.31. The molecule has 4 heteroatoms. The van der Waals surface area contributed by atoms with Gasteiger partial charge in [-0.15, -0.1) is 0 Å². The number of benzene rings is 7. The van der Waals surface area contributed by atoms with Gasteiger partial charge in [0.15, 0.2) is 0 Å². The average Bonchev–Trinajstić information content (AvgIpc) is 3.22. The maximum Gasteiger partial charge on any atom is 0.0540 e. The molecule has 7 rings (SSSR count). The second-order valence-corrected chi connectivity index (χ2v) is 24.1. The highest BCUT2D eigenvalue weighted by atomic mass is 35.5. The third-order valence-electron chi connectivity index (χ3n) is 12.7. The van der Waals surface area contributed by atoms with Gasteiger partial charge in [-0.2, -0.15) is 0 Å². The van der Waals surface area contributed by atoms with Gasteiger partial charge in [0, 0.05) is 43.9 Å². The molecule has 0 aliphatic rings. The monoisotopic (exact) mass is 912 g/mol. The minimum absolute atomic E-state index is 0.0307. The van der Waals surface area contributed by atoms with E-state index in [0.717, 1.165) is 56.4 Å². The van der Waals surface area contributed by atoms with Crippen LogP contribution in [-0.4, -0.2) is 0 Å². The van der Waals surface area contributed by atoms with E-state index in [9.17, 15) is 0 Å². The summed E-state index contributed by atoms with van der Waals surface area (Å²) < 4.78 is 0. The van der Waals surface area contributed by atoms with Crippen molar-refractivity contribution in [2.45, 2.75) is 131 Å². The van der Waals surface area contributed by atoms with E-state index in [-0.39, 0.29) is 27.1 Å². The summed E-state index contributed by atoms with van der Waals surface area (Å²) in [6.07, 6.45) is 0. The third-order valence-corrected chi connectivity index (χ3v) is 13.2. The fraction of sp³-hybridized carbons (Fsp3) is 0.323. The molecule has 66 heavy (non-hydrogen) atoms. The molecule has 0 saturated heterocycles. The summed E-state index contributed by atoms with van der Waals surface area (Å²) in [5.74, 6) is 0. The van der Waals surface area contributed by atoms with E-state index in [1.165, 1.54) is 27.8 Å². The van der Waals surface area contributed by atoms with Gasteiger partial charge in [0.25, 0.3) is 0 Å². The summed E-state index contributed by atoms with van der Waals surface area (Å²) in [4.78, 5) is 4.80. The number of hydrogen-bond acceptors (Lipinski definition) is 2. The maximum absolute atomic E-state index is 6.93. The van der Waals surface area contributed by atoms with Gasteiger partial charge in [-0.25, -0.2) is 0 Å². The lowest BCUT2D eigenvalue weighted by Gasteiger charge is -2.34. The molecular weight excluding hydrogens is 844 g/mol. The predicted molar refractivity (Wildman–Crippen MR) is 290 cm³/mol. The number of anilines is 6. The van der Waals surface area contributed by atoms with Crippen LogP contribution in [0.25, 0.3) is 22.3 Å². The van der Waals surface area contributed by atoms with E-state index in [1.54, 1.807) is 0 Å². The summed E-state index contributed by atoms with van der Waals surface area (Å²) in [5.41, 5.74) is 16.8. The molecule has 0 unspecified atom stereocenters. The van der Waals surface area contributed by atoms with Gasteiger partial charge in [-0.1, -0.05) is 200 Å². The first-order chi connectivity index (χ1) is 30.7. The smallest absolute Gasteiger partial charge is 0.0540 e. The van der Waals surface area contributed by atoms with Gasteiger partial charge < -0.3 is 9.80 Å². The molecule has 0 aliphatic carbocycles. The van der Waals surface area contributed by atoms with E-state index < -0.39 is 0 Å². The maximum atomic E-state index is 6.93. The van der Waals surface area contributed by atoms with E-state index in [4.69, 9.17) is 23.2 Å². The Morgan fingerprint density at radius 3 is 0.909 bits per heavy atom. The molecule has 0 N–H and O–H groups in total. The van der Waals surface area contributed by atoms with Crippen LogP contribution in [0, 0.1) is 0 Å². The molecule has 0 aromatic heterocycles. The van der Waals surface area contributed by atoms with Gasteiger partial charge in [-0.3, -0.25) is 0 Å². The Balaban J connectivity index is 1.57. The largest absolute Gasteiger partial charge is 0.310 e. The van der Waals surface area contributed by atoms with Crippen LogP contribution in [0.2, 0.25) is 10.0 Å². The molecule has 0 radical (unpaired) electrons. The van der Waals surface area contributed by atoms with E-state index in [1.807, 2.05) is 24.3 Å². The first-order valence-electron chi connectivity index (χ1n) is 23.5. The van der Waals surface area contributed by atoms with E-state index in [2.05, 4.69) is 241 Å². The summed E-state index contributed by atoms with van der Waals surface area (Å²) in [7, 11) is 0. The number of hydrogen-bond donors (Lipinski definition) is 0. The highest BCUT2D eigenvalue weighted by Gasteiger charge is 2.28. The number of nitrogens with zero attached hydrogens (tertiary/aromatic N) is 2. The van der Waals surface area contributed by atoms with Crippen molar-refractivity contribution in [3.63, 3.8) is 0 Å². The molecular formula is C62H70Cl2N2. The van der Waals surface area contributed by atoms with Crippen molar-refractivity contribution in [1.29, 1.82) is 0 Å². The van der Waals surface area contributed by atoms with Crippen molar-refractivity contribution >= 4 is 57.3 Å². The molecule has 342 valence electrons. The van der Waals surface area contributed by atoms with E-state index >= 15 is 0 Å². The zero-order valence-corrected chi connectivity index (χ0v) is 43.6. The molecule has 2 nitrogen and oxygen atoms in total. The third kappa shape index (κ3) is 10.8. The minimum Gasteiger partial charge on any atom is -0.310 e. The Hall–Kier alpha value is -5.28. The highest BCUT2D eigenvalue weighted by Crippen LogP contribution is 2.49. The Morgan fingerprint density at radius 1 is 0.288 bits per heavy atom. The molecule has 0 spiro atoms. The van der Waals surface area contributed by atoms with Crippen molar-refractivity contribution in [2.24, 2.45) is 0 Å². The summed E-state index contributed by atoms with van der Waals surface area (Å²) in [6, 6.07) is 55.8. The zero-order chi connectivity index (χ0) is 48.1. The van der Waals surface area contributed by atoms with E-state index in [0.29, 0.717) is 10.0 Å². The Morgan fingerprint density at radius 2 is 0.606 bits per heavy atom. The Kier molecular flexibility index (Phi) is 13.3. The number of halogens is 2.